The molecule has 0 radical (unpaired) electrons. The Balaban J connectivity index is 1.60. The van der Waals surface area contributed by atoms with E-state index in [2.05, 4.69) is 16.7 Å². The maximum absolute atomic E-state index is 5.95. The summed E-state index contributed by atoms with van der Waals surface area (Å²) in [4.78, 5) is 2.24. The minimum atomic E-state index is 0.267. The second-order valence-corrected chi connectivity index (χ2v) is 7.48. The number of benzene rings is 2. The van der Waals surface area contributed by atoms with Gasteiger partial charge in [-0.2, -0.15) is 0 Å². The Kier molecular flexibility index (Phi) is 6.37. The molecule has 1 saturated heterocycles. The molecule has 1 aliphatic heterocycles. The summed E-state index contributed by atoms with van der Waals surface area (Å²) in [6.45, 7) is 1.60. The van der Waals surface area contributed by atoms with Gasteiger partial charge in [0, 0.05) is 28.0 Å². The molecule has 0 unspecified atom stereocenters. The van der Waals surface area contributed by atoms with Crippen molar-refractivity contribution in [1.29, 1.82) is 0 Å². The van der Waals surface area contributed by atoms with Gasteiger partial charge >= 0.3 is 0 Å². The van der Waals surface area contributed by atoms with E-state index in [1.807, 2.05) is 42.5 Å². The van der Waals surface area contributed by atoms with E-state index >= 15 is 0 Å². The summed E-state index contributed by atoms with van der Waals surface area (Å²) in [5.74, 6) is 0. The van der Waals surface area contributed by atoms with Gasteiger partial charge in [0.15, 0.2) is 5.11 Å². The van der Waals surface area contributed by atoms with Crippen LogP contribution in [0.15, 0.2) is 58.3 Å². The van der Waals surface area contributed by atoms with Gasteiger partial charge in [-0.25, -0.2) is 0 Å². The Morgan fingerprint density at radius 1 is 1.21 bits per heavy atom. The number of nitrogens with one attached hydrogen (secondary N) is 2. The Hall–Kier alpha value is -1.27. The molecular weight excluding hydrogens is 360 g/mol. The van der Waals surface area contributed by atoms with Gasteiger partial charge in [-0.3, -0.25) is 0 Å². The van der Waals surface area contributed by atoms with Crippen LogP contribution in [0, 0.1) is 0 Å². The first-order valence-corrected chi connectivity index (χ1v) is 9.50. The molecular formula is C18H19ClN2OS2. The van der Waals surface area contributed by atoms with Crippen LogP contribution in [0.2, 0.25) is 5.02 Å². The number of ether oxygens (including phenoxy) is 1. The van der Waals surface area contributed by atoms with Gasteiger partial charge < -0.3 is 15.4 Å². The number of rotatable bonds is 5. The molecule has 1 heterocycles. The van der Waals surface area contributed by atoms with Gasteiger partial charge in [-0.05, 0) is 61.5 Å². The summed E-state index contributed by atoms with van der Waals surface area (Å²) in [6, 6.07) is 15.9. The Morgan fingerprint density at radius 3 is 2.75 bits per heavy atom. The van der Waals surface area contributed by atoms with Crippen LogP contribution >= 0.6 is 35.6 Å². The number of thiocarbonyl (C=S) groups is 1. The summed E-state index contributed by atoms with van der Waals surface area (Å²) in [7, 11) is 0. The van der Waals surface area contributed by atoms with Crippen LogP contribution in [0.1, 0.15) is 12.8 Å². The predicted octanol–water partition coefficient (Wildman–Crippen LogP) is 4.96. The van der Waals surface area contributed by atoms with Gasteiger partial charge in [0.1, 0.15) is 0 Å². The fraction of sp³-hybridized carbons (Fsp3) is 0.278. The van der Waals surface area contributed by atoms with Crippen molar-refractivity contribution in [2.75, 3.05) is 18.5 Å². The van der Waals surface area contributed by atoms with Crippen LogP contribution in [-0.2, 0) is 4.74 Å². The minimum Gasteiger partial charge on any atom is -0.376 e. The SMILES string of the molecule is S=C(NC[C@H]1CCCO1)Nc1ccccc1Sc1ccc(Cl)cc1. The van der Waals surface area contributed by atoms with Crippen molar-refractivity contribution in [3.05, 3.63) is 53.6 Å². The van der Waals surface area contributed by atoms with E-state index in [1.165, 1.54) is 0 Å². The average Bonchev–Trinajstić information content (AvgIpc) is 3.10. The highest BCUT2D eigenvalue weighted by Gasteiger charge is 2.15. The molecule has 0 amide bonds. The summed E-state index contributed by atoms with van der Waals surface area (Å²) in [5.41, 5.74) is 0.988. The molecule has 2 N–H and O–H groups in total. The fourth-order valence-electron chi connectivity index (χ4n) is 2.47. The van der Waals surface area contributed by atoms with Crippen molar-refractivity contribution in [3.63, 3.8) is 0 Å². The third-order valence-corrected chi connectivity index (χ3v) is 5.27. The molecule has 3 rings (SSSR count). The van der Waals surface area contributed by atoms with Crippen molar-refractivity contribution in [2.24, 2.45) is 0 Å². The van der Waals surface area contributed by atoms with Crippen molar-refractivity contribution in [3.8, 4) is 0 Å². The molecule has 1 fully saturated rings. The Labute approximate surface area is 157 Å². The number of halogens is 1. The van der Waals surface area contributed by atoms with Gasteiger partial charge in [0.2, 0.25) is 0 Å². The highest BCUT2D eigenvalue weighted by atomic mass is 35.5. The molecule has 3 nitrogen and oxygen atoms in total. The van der Waals surface area contributed by atoms with E-state index in [1.54, 1.807) is 11.8 Å². The molecule has 0 aromatic heterocycles. The first-order chi connectivity index (χ1) is 11.7. The maximum Gasteiger partial charge on any atom is 0.170 e. The zero-order valence-electron chi connectivity index (χ0n) is 13.1. The molecule has 6 heteroatoms. The summed E-state index contributed by atoms with van der Waals surface area (Å²) >= 11 is 13.0. The first-order valence-electron chi connectivity index (χ1n) is 7.89. The van der Waals surface area contributed by atoms with E-state index in [0.717, 1.165) is 46.5 Å². The molecule has 2 aromatic rings. The monoisotopic (exact) mass is 378 g/mol. The van der Waals surface area contributed by atoms with E-state index in [9.17, 15) is 0 Å². The normalized spacial score (nSPS) is 16.8. The smallest absolute Gasteiger partial charge is 0.170 e. The van der Waals surface area contributed by atoms with Crippen LogP contribution in [0.3, 0.4) is 0 Å². The van der Waals surface area contributed by atoms with E-state index in [-0.39, 0.29) is 6.10 Å². The molecule has 0 spiro atoms. The number of anilines is 1. The minimum absolute atomic E-state index is 0.267. The first kappa shape index (κ1) is 17.5. The Bertz CT molecular complexity index is 688. The molecule has 2 aromatic carbocycles. The Morgan fingerprint density at radius 2 is 2.00 bits per heavy atom. The third kappa shape index (κ3) is 5.11. The maximum atomic E-state index is 5.95. The molecule has 0 saturated carbocycles. The van der Waals surface area contributed by atoms with Gasteiger partial charge in [-0.1, -0.05) is 35.5 Å². The van der Waals surface area contributed by atoms with Crippen LogP contribution in [-0.4, -0.2) is 24.4 Å². The standard InChI is InChI=1S/C18H19ClN2OS2/c19-13-7-9-15(10-8-13)24-17-6-2-1-5-16(17)21-18(23)20-12-14-4-3-11-22-14/h1-2,5-10,14H,3-4,11-12H2,(H2,20,21,23)/t14-/m1/s1. The summed E-state index contributed by atoms with van der Waals surface area (Å²) in [5, 5.41) is 7.89. The fourth-order valence-corrected chi connectivity index (χ4v) is 3.69. The highest BCUT2D eigenvalue weighted by molar-refractivity contribution is 7.99. The molecule has 1 atom stereocenters. The van der Waals surface area contributed by atoms with E-state index in [4.69, 9.17) is 28.6 Å². The third-order valence-electron chi connectivity index (χ3n) is 3.69. The predicted molar refractivity (Wildman–Crippen MR) is 105 cm³/mol. The van der Waals surface area contributed by atoms with Crippen molar-refractivity contribution >= 4 is 46.4 Å². The number of hydrogen-bond acceptors (Lipinski definition) is 3. The molecule has 1 aliphatic rings. The van der Waals surface area contributed by atoms with Crippen LogP contribution in [0.5, 0.6) is 0 Å². The van der Waals surface area contributed by atoms with Crippen LogP contribution in [0.25, 0.3) is 0 Å². The molecule has 0 aliphatic carbocycles. The lowest BCUT2D eigenvalue weighted by Gasteiger charge is -2.16. The second kappa shape index (κ2) is 8.72. The van der Waals surface area contributed by atoms with E-state index in [0.29, 0.717) is 5.11 Å². The summed E-state index contributed by atoms with van der Waals surface area (Å²) < 4.78 is 5.60. The topological polar surface area (TPSA) is 33.3 Å². The van der Waals surface area contributed by atoms with E-state index < -0.39 is 0 Å². The largest absolute Gasteiger partial charge is 0.376 e. The second-order valence-electron chi connectivity index (χ2n) is 5.52. The van der Waals surface area contributed by atoms with Gasteiger partial charge in [-0.15, -0.1) is 0 Å². The lowest BCUT2D eigenvalue weighted by Crippen LogP contribution is -2.34. The molecule has 126 valence electrons. The van der Waals surface area contributed by atoms with Crippen molar-refractivity contribution in [1.82, 2.24) is 5.32 Å². The number of para-hydroxylation sites is 1. The quantitative estimate of drug-likeness (QED) is 0.719. The number of hydrogen-bond donors (Lipinski definition) is 2. The van der Waals surface area contributed by atoms with Crippen molar-refractivity contribution < 1.29 is 4.74 Å². The zero-order valence-corrected chi connectivity index (χ0v) is 15.5. The van der Waals surface area contributed by atoms with Gasteiger partial charge in [0.25, 0.3) is 0 Å². The summed E-state index contributed by atoms with van der Waals surface area (Å²) in [6.07, 6.45) is 2.49. The molecule has 24 heavy (non-hydrogen) atoms. The lowest BCUT2D eigenvalue weighted by atomic mass is 10.2. The average molecular weight is 379 g/mol. The van der Waals surface area contributed by atoms with Crippen LogP contribution in [0.4, 0.5) is 5.69 Å². The lowest BCUT2D eigenvalue weighted by molar-refractivity contribution is 0.114. The van der Waals surface area contributed by atoms with Crippen molar-refractivity contribution in [2.45, 2.75) is 28.7 Å². The van der Waals surface area contributed by atoms with Gasteiger partial charge in [0.05, 0.1) is 11.8 Å². The molecule has 0 bridgehead atoms. The zero-order chi connectivity index (χ0) is 16.8. The van der Waals surface area contributed by atoms with Crippen LogP contribution < -0.4 is 10.6 Å². The highest BCUT2D eigenvalue weighted by Crippen LogP contribution is 2.33.